The Bertz CT molecular complexity index is 174. The van der Waals surface area contributed by atoms with Crippen molar-refractivity contribution in [2.45, 2.75) is 29.9 Å². The van der Waals surface area contributed by atoms with Crippen LogP contribution in [0.5, 0.6) is 0 Å². The third-order valence-electron chi connectivity index (χ3n) is 1.76. The molecule has 0 aliphatic carbocycles. The molecule has 0 radical (unpaired) electrons. The van der Waals surface area contributed by atoms with Gasteiger partial charge in [0, 0.05) is 12.4 Å². The molecule has 0 aromatic carbocycles. The summed E-state index contributed by atoms with van der Waals surface area (Å²) >= 11 is 3.62. The van der Waals surface area contributed by atoms with Crippen molar-refractivity contribution in [3.8, 4) is 0 Å². The summed E-state index contributed by atoms with van der Waals surface area (Å²) in [6.45, 7) is 0. The molecule has 6 heteroatoms. The molecule has 76 valence electrons. The third kappa shape index (κ3) is 7.11. The van der Waals surface area contributed by atoms with Gasteiger partial charge in [0.05, 0.1) is 10.7 Å². The minimum atomic E-state index is -1.17. The summed E-state index contributed by atoms with van der Waals surface area (Å²) in [5.41, 5.74) is 0. The molecule has 1 aliphatic heterocycles. The van der Waals surface area contributed by atoms with Gasteiger partial charge in [-0.05, 0) is 24.3 Å². The molecule has 0 aromatic rings. The molecule has 1 rings (SSSR count). The first-order chi connectivity index (χ1) is 6.18. The van der Waals surface area contributed by atoms with Gasteiger partial charge in [-0.15, -0.1) is 23.5 Å². The van der Waals surface area contributed by atoms with Gasteiger partial charge in [-0.25, -0.2) is 0 Å². The fourth-order valence-corrected chi connectivity index (χ4v) is 4.18. The average molecular weight is 260 g/mol. The standard InChI is InChI=1S/C8H14O3S2.K/c9-6(4-7(10)11)5-8-12-2-1-3-13-8;/h6,8-9H,1-5H2,(H,10,11);/q;+1/p-1. The number of carboxylic acids is 1. The second-order valence-electron chi connectivity index (χ2n) is 2.99. The number of carbonyl (C=O) groups excluding carboxylic acids is 1. The van der Waals surface area contributed by atoms with E-state index in [0.717, 1.165) is 11.5 Å². The van der Waals surface area contributed by atoms with E-state index in [-0.39, 0.29) is 57.8 Å². The van der Waals surface area contributed by atoms with Gasteiger partial charge in [0.1, 0.15) is 0 Å². The predicted molar refractivity (Wildman–Crippen MR) is 53.6 cm³/mol. The number of thioether (sulfide) groups is 2. The predicted octanol–water partition coefficient (Wildman–Crippen LogP) is -2.92. The summed E-state index contributed by atoms with van der Waals surface area (Å²) in [7, 11) is 0. The zero-order valence-electron chi connectivity index (χ0n) is 8.27. The van der Waals surface area contributed by atoms with E-state index < -0.39 is 12.1 Å². The normalized spacial score (nSPS) is 19.8. The van der Waals surface area contributed by atoms with E-state index >= 15 is 0 Å². The van der Waals surface area contributed by atoms with Crippen molar-refractivity contribution in [3.63, 3.8) is 0 Å². The molecule has 0 spiro atoms. The van der Waals surface area contributed by atoms with E-state index in [0.29, 0.717) is 11.0 Å². The monoisotopic (exact) mass is 260 g/mol. The molecule has 1 heterocycles. The largest absolute Gasteiger partial charge is 1.00 e. The molecule has 1 atom stereocenters. The van der Waals surface area contributed by atoms with Gasteiger partial charge in [-0.2, -0.15) is 0 Å². The summed E-state index contributed by atoms with van der Waals surface area (Å²) in [5, 5.41) is 19.5. The molecule has 1 fully saturated rings. The fourth-order valence-electron chi connectivity index (χ4n) is 1.17. The molecule has 1 aliphatic rings. The number of hydrogen-bond donors (Lipinski definition) is 1. The minimum Gasteiger partial charge on any atom is -0.550 e. The van der Waals surface area contributed by atoms with Gasteiger partial charge in [0.25, 0.3) is 0 Å². The van der Waals surface area contributed by atoms with Crippen molar-refractivity contribution in [3.05, 3.63) is 0 Å². The molecule has 3 nitrogen and oxygen atoms in total. The minimum absolute atomic E-state index is 0. The van der Waals surface area contributed by atoms with Crippen LogP contribution in [0.1, 0.15) is 19.3 Å². The number of rotatable bonds is 4. The first kappa shape index (κ1) is 15.8. The molecular formula is C8H13KO3S2. The van der Waals surface area contributed by atoms with E-state index in [1.54, 1.807) is 0 Å². The Hall–Kier alpha value is 1.77. The van der Waals surface area contributed by atoms with Crippen molar-refractivity contribution in [2.75, 3.05) is 11.5 Å². The zero-order valence-corrected chi connectivity index (χ0v) is 13.0. The van der Waals surface area contributed by atoms with Crippen LogP contribution >= 0.6 is 23.5 Å². The van der Waals surface area contributed by atoms with Gasteiger partial charge < -0.3 is 15.0 Å². The fraction of sp³-hybridized carbons (Fsp3) is 0.875. The van der Waals surface area contributed by atoms with Crippen molar-refractivity contribution in [1.82, 2.24) is 0 Å². The maximum Gasteiger partial charge on any atom is 1.00 e. The van der Waals surface area contributed by atoms with E-state index in [1.165, 1.54) is 6.42 Å². The SMILES string of the molecule is O=C([O-])CC(O)CC1SCCCS1.[K+]. The maximum atomic E-state index is 10.2. The molecule has 0 saturated carbocycles. The van der Waals surface area contributed by atoms with Gasteiger partial charge in [0.15, 0.2) is 0 Å². The van der Waals surface area contributed by atoms with Crippen LogP contribution in [0, 0.1) is 0 Å². The summed E-state index contributed by atoms with van der Waals surface area (Å²) in [4.78, 5) is 10.2. The second kappa shape index (κ2) is 8.87. The summed E-state index contributed by atoms with van der Waals surface area (Å²) in [6, 6.07) is 0. The van der Waals surface area contributed by atoms with Crippen LogP contribution in [0.25, 0.3) is 0 Å². The molecule has 0 bridgehead atoms. The Morgan fingerprint density at radius 3 is 2.57 bits per heavy atom. The third-order valence-corrected chi connectivity index (χ3v) is 4.76. The van der Waals surface area contributed by atoms with Crippen LogP contribution in [0.4, 0.5) is 0 Å². The molecule has 0 amide bonds. The van der Waals surface area contributed by atoms with Gasteiger partial charge in [-0.3, -0.25) is 0 Å². The Morgan fingerprint density at radius 2 is 2.07 bits per heavy atom. The van der Waals surface area contributed by atoms with Crippen molar-refractivity contribution >= 4 is 29.5 Å². The summed E-state index contributed by atoms with van der Waals surface area (Å²) in [5.74, 6) is 1.07. The molecular weight excluding hydrogens is 247 g/mol. The summed E-state index contributed by atoms with van der Waals surface area (Å²) < 4.78 is 0.364. The Balaban J connectivity index is 0.00000169. The number of carbonyl (C=O) groups is 1. The number of aliphatic carboxylic acids is 1. The summed E-state index contributed by atoms with van der Waals surface area (Å²) in [6.07, 6.45) is 0.789. The number of aliphatic hydroxyl groups excluding tert-OH is 1. The van der Waals surface area contributed by atoms with Crippen LogP contribution in [0.3, 0.4) is 0 Å². The van der Waals surface area contributed by atoms with Crippen molar-refractivity contribution < 1.29 is 66.4 Å². The van der Waals surface area contributed by atoms with E-state index in [4.69, 9.17) is 0 Å². The zero-order chi connectivity index (χ0) is 9.68. The first-order valence-electron chi connectivity index (χ1n) is 4.29. The first-order valence-corrected chi connectivity index (χ1v) is 6.39. The van der Waals surface area contributed by atoms with Crippen molar-refractivity contribution in [1.29, 1.82) is 0 Å². The topological polar surface area (TPSA) is 60.4 Å². The van der Waals surface area contributed by atoms with E-state index in [9.17, 15) is 15.0 Å². The van der Waals surface area contributed by atoms with Gasteiger partial charge in [0.2, 0.25) is 0 Å². The van der Waals surface area contributed by atoms with Gasteiger partial charge in [-0.1, -0.05) is 0 Å². The number of hydrogen-bond acceptors (Lipinski definition) is 5. The molecule has 1 unspecified atom stereocenters. The second-order valence-corrected chi connectivity index (χ2v) is 5.91. The smallest absolute Gasteiger partial charge is 0.550 e. The van der Waals surface area contributed by atoms with E-state index in [2.05, 4.69) is 0 Å². The Kier molecular flexibility index (Phi) is 9.98. The number of carboxylic acid groups (broad SMARTS) is 1. The van der Waals surface area contributed by atoms with E-state index in [1.807, 2.05) is 23.5 Å². The molecule has 0 aromatic heterocycles. The van der Waals surface area contributed by atoms with Gasteiger partial charge >= 0.3 is 51.4 Å². The van der Waals surface area contributed by atoms with Crippen LogP contribution in [-0.4, -0.2) is 33.3 Å². The van der Waals surface area contributed by atoms with Crippen LogP contribution in [0.2, 0.25) is 0 Å². The maximum absolute atomic E-state index is 10.2. The molecule has 1 N–H and O–H groups in total. The van der Waals surface area contributed by atoms with Crippen molar-refractivity contribution in [2.24, 2.45) is 0 Å². The molecule has 14 heavy (non-hydrogen) atoms. The van der Waals surface area contributed by atoms with Crippen LogP contribution < -0.4 is 56.5 Å². The van der Waals surface area contributed by atoms with Crippen LogP contribution in [0.15, 0.2) is 0 Å². The Labute approximate surface area is 135 Å². The van der Waals surface area contributed by atoms with Crippen LogP contribution in [-0.2, 0) is 4.79 Å². The Morgan fingerprint density at radius 1 is 1.50 bits per heavy atom. The average Bonchev–Trinajstić information content (AvgIpc) is 2.04. The quantitative estimate of drug-likeness (QED) is 0.549. The number of aliphatic hydroxyl groups is 1. The molecule has 1 saturated heterocycles.